The second kappa shape index (κ2) is 3.42. The monoisotopic (exact) mass is 134 g/mol. The Bertz CT molecular complexity index is 101. The number of aliphatic hydroxyl groups excluding tert-OH is 2. The van der Waals surface area contributed by atoms with Crippen molar-refractivity contribution in [1.29, 1.82) is 0 Å². The molecule has 0 aromatic carbocycles. The largest absolute Gasteiger partial charge is 0.481 e. The maximum atomic E-state index is 10.0. The first-order valence-electron chi connectivity index (χ1n) is 2.61. The third kappa shape index (κ3) is 2.43. The van der Waals surface area contributed by atoms with Gasteiger partial charge in [-0.25, -0.2) is 0 Å². The van der Waals surface area contributed by atoms with Crippen LogP contribution in [0.5, 0.6) is 0 Å². The van der Waals surface area contributed by atoms with Crippen molar-refractivity contribution < 1.29 is 20.1 Å². The summed E-state index contributed by atoms with van der Waals surface area (Å²) in [5, 5.41) is 25.1. The van der Waals surface area contributed by atoms with E-state index in [1.807, 2.05) is 0 Å². The second-order valence-electron chi connectivity index (χ2n) is 1.88. The van der Waals surface area contributed by atoms with Gasteiger partial charge in [0.1, 0.15) is 0 Å². The van der Waals surface area contributed by atoms with Crippen LogP contribution in [0.4, 0.5) is 0 Å². The van der Waals surface area contributed by atoms with Crippen molar-refractivity contribution in [2.45, 2.75) is 13.0 Å². The van der Waals surface area contributed by atoms with E-state index in [2.05, 4.69) is 0 Å². The predicted octanol–water partition coefficient (Wildman–Crippen LogP) is -0.940. The number of carboxylic acids is 1. The number of carboxylic acid groups (broad SMARTS) is 1. The minimum Gasteiger partial charge on any atom is -0.481 e. The van der Waals surface area contributed by atoms with E-state index in [9.17, 15) is 4.79 Å². The summed E-state index contributed by atoms with van der Waals surface area (Å²) in [5.74, 6) is -1.99. The van der Waals surface area contributed by atoms with Gasteiger partial charge in [-0.15, -0.1) is 0 Å². The molecule has 0 rings (SSSR count). The van der Waals surface area contributed by atoms with Crippen LogP contribution in [0, 0.1) is 5.92 Å². The quantitative estimate of drug-likeness (QED) is 0.465. The van der Waals surface area contributed by atoms with Crippen molar-refractivity contribution >= 4 is 5.97 Å². The molecule has 0 bridgehead atoms. The van der Waals surface area contributed by atoms with Crippen molar-refractivity contribution in [3.8, 4) is 0 Å². The Morgan fingerprint density at radius 2 is 2.11 bits per heavy atom. The van der Waals surface area contributed by atoms with Gasteiger partial charge in [-0.05, 0) is 6.92 Å². The van der Waals surface area contributed by atoms with Crippen LogP contribution < -0.4 is 0 Å². The summed E-state index contributed by atoms with van der Waals surface area (Å²) in [7, 11) is 0. The highest BCUT2D eigenvalue weighted by atomic mass is 16.4. The number of carbonyl (C=O) groups is 1. The van der Waals surface area contributed by atoms with Gasteiger partial charge in [-0.1, -0.05) is 0 Å². The van der Waals surface area contributed by atoms with Gasteiger partial charge in [0.15, 0.2) is 0 Å². The van der Waals surface area contributed by atoms with Crippen LogP contribution in [-0.4, -0.2) is 34.0 Å². The zero-order valence-electron chi connectivity index (χ0n) is 5.11. The first-order chi connectivity index (χ1) is 4.09. The van der Waals surface area contributed by atoms with E-state index in [0.29, 0.717) is 0 Å². The average Bonchev–Trinajstić information content (AvgIpc) is 1.84. The molecule has 0 spiro atoms. The van der Waals surface area contributed by atoms with E-state index in [1.54, 1.807) is 0 Å². The van der Waals surface area contributed by atoms with Crippen LogP contribution in [0.1, 0.15) is 6.92 Å². The topological polar surface area (TPSA) is 77.8 Å². The summed E-state index contributed by atoms with van der Waals surface area (Å²) >= 11 is 0. The summed E-state index contributed by atoms with van der Waals surface area (Å²) in [5.41, 5.74) is 0. The summed E-state index contributed by atoms with van der Waals surface area (Å²) in [4.78, 5) is 10.0. The Morgan fingerprint density at radius 3 is 2.22 bits per heavy atom. The molecular weight excluding hydrogens is 124 g/mol. The van der Waals surface area contributed by atoms with E-state index < -0.39 is 24.6 Å². The van der Waals surface area contributed by atoms with Gasteiger partial charge in [0.2, 0.25) is 0 Å². The number of hydrogen-bond donors (Lipinski definition) is 3. The van der Waals surface area contributed by atoms with Gasteiger partial charge < -0.3 is 15.3 Å². The number of hydrogen-bond acceptors (Lipinski definition) is 3. The molecule has 0 amide bonds. The molecule has 54 valence electrons. The van der Waals surface area contributed by atoms with E-state index in [1.165, 1.54) is 6.92 Å². The van der Waals surface area contributed by atoms with Gasteiger partial charge in [0, 0.05) is 0 Å². The SMILES string of the molecule is CC(C(=O)O)C(O)CO. The lowest BCUT2D eigenvalue weighted by molar-refractivity contribution is -0.145. The van der Waals surface area contributed by atoms with Crippen LogP contribution in [0.2, 0.25) is 0 Å². The van der Waals surface area contributed by atoms with Crippen molar-refractivity contribution in [3.63, 3.8) is 0 Å². The fourth-order valence-electron chi connectivity index (χ4n) is 0.323. The molecule has 0 fully saturated rings. The van der Waals surface area contributed by atoms with Crippen LogP contribution in [0.25, 0.3) is 0 Å². The van der Waals surface area contributed by atoms with Crippen molar-refractivity contribution in [1.82, 2.24) is 0 Å². The lowest BCUT2D eigenvalue weighted by atomic mass is 10.1. The van der Waals surface area contributed by atoms with Gasteiger partial charge in [-0.3, -0.25) is 4.79 Å². The maximum absolute atomic E-state index is 10.0. The molecule has 3 N–H and O–H groups in total. The molecular formula is C5H10O4. The normalized spacial score (nSPS) is 16.8. The molecule has 0 aliphatic heterocycles. The molecule has 0 aliphatic rings. The van der Waals surface area contributed by atoms with Crippen LogP contribution in [-0.2, 0) is 4.79 Å². The highest BCUT2D eigenvalue weighted by Crippen LogP contribution is 2.00. The first kappa shape index (κ1) is 8.39. The molecule has 0 heterocycles. The summed E-state index contributed by atoms with van der Waals surface area (Å²) in [6, 6.07) is 0. The van der Waals surface area contributed by atoms with Gasteiger partial charge in [0.25, 0.3) is 0 Å². The lowest BCUT2D eigenvalue weighted by Gasteiger charge is -2.10. The van der Waals surface area contributed by atoms with Gasteiger partial charge in [0.05, 0.1) is 18.6 Å². The fourth-order valence-corrected chi connectivity index (χ4v) is 0.323. The number of aliphatic hydroxyl groups is 2. The lowest BCUT2D eigenvalue weighted by Crippen LogP contribution is -2.28. The van der Waals surface area contributed by atoms with E-state index >= 15 is 0 Å². The Morgan fingerprint density at radius 1 is 1.67 bits per heavy atom. The molecule has 0 saturated heterocycles. The molecule has 2 unspecified atom stereocenters. The summed E-state index contributed by atoms with van der Waals surface area (Å²) in [6.45, 7) is 0.830. The highest BCUT2D eigenvalue weighted by molar-refractivity contribution is 5.70. The Hall–Kier alpha value is -0.610. The molecule has 0 aromatic heterocycles. The standard InChI is InChI=1S/C5H10O4/c1-3(5(8)9)4(7)2-6/h3-4,6-7H,2H2,1H3,(H,8,9). The molecule has 0 saturated carbocycles. The predicted molar refractivity (Wildman–Crippen MR) is 29.9 cm³/mol. The fraction of sp³-hybridized carbons (Fsp3) is 0.800. The van der Waals surface area contributed by atoms with Crippen LogP contribution in [0.15, 0.2) is 0 Å². The average molecular weight is 134 g/mol. The smallest absolute Gasteiger partial charge is 0.308 e. The number of aliphatic carboxylic acids is 1. The highest BCUT2D eigenvalue weighted by Gasteiger charge is 2.19. The maximum Gasteiger partial charge on any atom is 0.308 e. The number of rotatable bonds is 3. The third-order valence-corrected chi connectivity index (χ3v) is 1.15. The van der Waals surface area contributed by atoms with E-state index in [0.717, 1.165) is 0 Å². The molecule has 2 atom stereocenters. The molecule has 0 aromatic rings. The summed E-state index contributed by atoms with van der Waals surface area (Å²) in [6.07, 6.45) is -1.15. The summed E-state index contributed by atoms with van der Waals surface area (Å²) < 4.78 is 0. The third-order valence-electron chi connectivity index (χ3n) is 1.15. The molecule has 0 radical (unpaired) electrons. The van der Waals surface area contributed by atoms with Crippen molar-refractivity contribution in [2.75, 3.05) is 6.61 Å². The van der Waals surface area contributed by atoms with E-state index in [4.69, 9.17) is 15.3 Å². The van der Waals surface area contributed by atoms with Crippen molar-refractivity contribution in [3.05, 3.63) is 0 Å². The molecule has 4 heteroatoms. The zero-order valence-corrected chi connectivity index (χ0v) is 5.11. The van der Waals surface area contributed by atoms with Crippen LogP contribution >= 0.6 is 0 Å². The molecule has 9 heavy (non-hydrogen) atoms. The molecule has 0 aliphatic carbocycles. The molecule has 4 nitrogen and oxygen atoms in total. The zero-order chi connectivity index (χ0) is 7.44. The Balaban J connectivity index is 3.72. The Labute approximate surface area is 52.7 Å². The minimum absolute atomic E-state index is 0.506. The van der Waals surface area contributed by atoms with Gasteiger partial charge in [-0.2, -0.15) is 0 Å². The Kier molecular flexibility index (Phi) is 3.19. The second-order valence-corrected chi connectivity index (χ2v) is 1.88. The van der Waals surface area contributed by atoms with E-state index in [-0.39, 0.29) is 0 Å². The van der Waals surface area contributed by atoms with Gasteiger partial charge >= 0.3 is 5.97 Å². The van der Waals surface area contributed by atoms with Crippen LogP contribution in [0.3, 0.4) is 0 Å². The first-order valence-corrected chi connectivity index (χ1v) is 2.61. The minimum atomic E-state index is -1.15. The van der Waals surface area contributed by atoms with Crippen molar-refractivity contribution in [2.24, 2.45) is 5.92 Å².